The molecule has 0 spiro atoms. The molecule has 9 heteroatoms. The maximum Gasteiger partial charge on any atom is 0.209 e. The van der Waals surface area contributed by atoms with Gasteiger partial charge in [0, 0.05) is 35.5 Å². The number of fused-ring (bicyclic) bond motifs is 1. The lowest BCUT2D eigenvalue weighted by Gasteiger charge is -2.33. The zero-order chi connectivity index (χ0) is 23.0. The van der Waals surface area contributed by atoms with Gasteiger partial charge < -0.3 is 0 Å². The van der Waals surface area contributed by atoms with Crippen molar-refractivity contribution in [3.05, 3.63) is 71.2 Å². The third-order valence-electron chi connectivity index (χ3n) is 5.66. The Morgan fingerprint density at radius 1 is 1.16 bits per heavy atom. The molecule has 0 amide bonds. The number of sulfonamides is 1. The van der Waals surface area contributed by atoms with E-state index in [1.165, 1.54) is 12.1 Å². The molecule has 1 N–H and O–H groups in total. The fraction of sp³-hybridized carbons (Fsp3) is 0.391. The first-order chi connectivity index (χ1) is 15.1. The molecule has 0 fully saturated rings. The van der Waals surface area contributed by atoms with E-state index in [1.54, 1.807) is 12.1 Å². The number of hydrogen-bond donors (Lipinski definition) is 1. The average Bonchev–Trinajstić information content (AvgIpc) is 3.13. The summed E-state index contributed by atoms with van der Waals surface area (Å²) >= 11 is 0. The molecule has 0 saturated heterocycles. The van der Waals surface area contributed by atoms with Crippen LogP contribution < -0.4 is 4.72 Å². The van der Waals surface area contributed by atoms with Gasteiger partial charge in [-0.25, -0.2) is 21.9 Å². The van der Waals surface area contributed by atoms with Gasteiger partial charge in [-0.05, 0) is 49.1 Å². The molecule has 170 valence electrons. The summed E-state index contributed by atoms with van der Waals surface area (Å²) in [4.78, 5) is 4.61. The molecule has 1 aromatic carbocycles. The van der Waals surface area contributed by atoms with E-state index in [1.807, 2.05) is 10.7 Å². The smallest absolute Gasteiger partial charge is 0.209 e. The number of benzene rings is 1. The molecule has 1 aliphatic rings. The Morgan fingerprint density at radius 2 is 1.88 bits per heavy atom. The first kappa shape index (κ1) is 22.5. The SMILES string of the molecule is CC(C)c1cc2n(n1)[C@@H](Cc1cccc(-c3cc(F)cc(F)c3)n1)[C@@H](NS(C)(=O)=O)CC2. The van der Waals surface area contributed by atoms with Gasteiger partial charge in [0.05, 0.1) is 23.7 Å². The minimum Gasteiger partial charge on any atom is -0.264 e. The summed E-state index contributed by atoms with van der Waals surface area (Å²) in [7, 11) is -3.42. The monoisotopic (exact) mass is 460 g/mol. The summed E-state index contributed by atoms with van der Waals surface area (Å²) in [6.45, 7) is 4.14. The summed E-state index contributed by atoms with van der Waals surface area (Å²) in [6.07, 6.45) is 2.94. The van der Waals surface area contributed by atoms with Crippen LogP contribution in [0.1, 0.15) is 49.3 Å². The third kappa shape index (κ3) is 5.05. The van der Waals surface area contributed by atoms with E-state index in [9.17, 15) is 17.2 Å². The highest BCUT2D eigenvalue weighted by Gasteiger charge is 2.33. The molecule has 2 atom stereocenters. The standard InChI is InChI=1S/C23H26F2N4O2S/c1-14(2)22-13-19-7-8-21(28-32(3,30)31)23(29(19)27-22)12-18-5-4-6-20(26-18)15-9-16(24)11-17(25)10-15/h4-6,9-11,13-14,21,23,28H,7-8,12H2,1-3H3/t21-,23-/m0/s1. The predicted molar refractivity (Wildman–Crippen MR) is 119 cm³/mol. The van der Waals surface area contributed by atoms with Gasteiger partial charge >= 0.3 is 0 Å². The van der Waals surface area contributed by atoms with E-state index in [2.05, 4.69) is 29.6 Å². The second-order valence-electron chi connectivity index (χ2n) is 8.64. The molecule has 3 aromatic rings. The van der Waals surface area contributed by atoms with Crippen LogP contribution in [0.3, 0.4) is 0 Å². The van der Waals surface area contributed by atoms with Crippen molar-refractivity contribution in [3.8, 4) is 11.3 Å². The van der Waals surface area contributed by atoms with Crippen molar-refractivity contribution in [2.24, 2.45) is 0 Å². The van der Waals surface area contributed by atoms with Crippen LogP contribution in [0.15, 0.2) is 42.5 Å². The second kappa shape index (κ2) is 8.71. The molecule has 4 rings (SSSR count). The minimum atomic E-state index is -3.42. The lowest BCUT2D eigenvalue weighted by atomic mass is 9.94. The molecule has 32 heavy (non-hydrogen) atoms. The number of pyridine rings is 1. The molecule has 3 heterocycles. The minimum absolute atomic E-state index is 0.249. The van der Waals surface area contributed by atoms with Gasteiger partial charge in [-0.2, -0.15) is 5.10 Å². The Kier molecular flexibility index (Phi) is 6.13. The highest BCUT2D eigenvalue weighted by Crippen LogP contribution is 2.31. The normalized spacial score (nSPS) is 18.7. The Hall–Kier alpha value is -2.65. The van der Waals surface area contributed by atoms with Crippen LogP contribution in [0.5, 0.6) is 0 Å². The molecule has 1 aliphatic heterocycles. The topological polar surface area (TPSA) is 76.9 Å². The van der Waals surface area contributed by atoms with Crippen molar-refractivity contribution in [1.29, 1.82) is 0 Å². The fourth-order valence-electron chi connectivity index (χ4n) is 4.19. The quantitative estimate of drug-likeness (QED) is 0.603. The molecule has 0 saturated carbocycles. The largest absolute Gasteiger partial charge is 0.264 e. The zero-order valence-corrected chi connectivity index (χ0v) is 19.0. The van der Waals surface area contributed by atoms with Gasteiger partial charge in [0.2, 0.25) is 10.0 Å². The number of aryl methyl sites for hydroxylation is 1. The van der Waals surface area contributed by atoms with E-state index in [4.69, 9.17) is 5.10 Å². The Labute approximate surface area is 186 Å². The van der Waals surface area contributed by atoms with Gasteiger partial charge in [0.15, 0.2) is 0 Å². The van der Waals surface area contributed by atoms with Crippen LogP contribution >= 0.6 is 0 Å². The van der Waals surface area contributed by atoms with Crippen LogP contribution in [-0.4, -0.2) is 35.5 Å². The van der Waals surface area contributed by atoms with Crippen LogP contribution in [0, 0.1) is 11.6 Å². The lowest BCUT2D eigenvalue weighted by Crippen LogP contribution is -2.45. The number of hydrogen-bond acceptors (Lipinski definition) is 4. The molecule has 0 radical (unpaired) electrons. The van der Waals surface area contributed by atoms with E-state index in [0.29, 0.717) is 29.8 Å². The Balaban J connectivity index is 1.70. The average molecular weight is 461 g/mol. The van der Waals surface area contributed by atoms with Crippen LogP contribution in [0.2, 0.25) is 0 Å². The second-order valence-corrected chi connectivity index (χ2v) is 10.4. The van der Waals surface area contributed by atoms with E-state index in [0.717, 1.165) is 30.1 Å². The van der Waals surface area contributed by atoms with Crippen molar-refractivity contribution >= 4 is 10.0 Å². The summed E-state index contributed by atoms with van der Waals surface area (Å²) < 4.78 is 56.0. The molecule has 0 bridgehead atoms. The number of nitrogens with zero attached hydrogens (tertiary/aromatic N) is 3. The summed E-state index contributed by atoms with van der Waals surface area (Å²) in [5.41, 5.74) is 3.51. The van der Waals surface area contributed by atoms with E-state index in [-0.39, 0.29) is 18.0 Å². The summed E-state index contributed by atoms with van der Waals surface area (Å²) in [5.74, 6) is -1.09. The summed E-state index contributed by atoms with van der Waals surface area (Å²) in [5, 5.41) is 4.77. The first-order valence-corrected chi connectivity index (χ1v) is 12.5. The Bertz CT molecular complexity index is 1220. The van der Waals surface area contributed by atoms with Crippen molar-refractivity contribution in [2.75, 3.05) is 6.26 Å². The zero-order valence-electron chi connectivity index (χ0n) is 18.2. The molecule has 6 nitrogen and oxygen atoms in total. The molecule has 2 aromatic heterocycles. The van der Waals surface area contributed by atoms with Crippen LogP contribution in [0.25, 0.3) is 11.3 Å². The Morgan fingerprint density at radius 3 is 2.53 bits per heavy atom. The number of rotatable bonds is 6. The van der Waals surface area contributed by atoms with Gasteiger partial charge in [-0.3, -0.25) is 9.67 Å². The van der Waals surface area contributed by atoms with Crippen molar-refractivity contribution in [1.82, 2.24) is 19.5 Å². The molecule has 0 aliphatic carbocycles. The number of aromatic nitrogens is 3. The van der Waals surface area contributed by atoms with Crippen LogP contribution in [0.4, 0.5) is 8.78 Å². The lowest BCUT2D eigenvalue weighted by molar-refractivity contribution is 0.296. The van der Waals surface area contributed by atoms with Gasteiger partial charge in [-0.1, -0.05) is 19.9 Å². The van der Waals surface area contributed by atoms with Gasteiger partial charge in [0.25, 0.3) is 0 Å². The van der Waals surface area contributed by atoms with Crippen molar-refractivity contribution in [2.45, 2.75) is 51.1 Å². The van der Waals surface area contributed by atoms with Gasteiger partial charge in [0.1, 0.15) is 11.6 Å². The maximum atomic E-state index is 13.7. The molecular formula is C23H26F2N4O2S. The number of nitrogens with one attached hydrogen (secondary N) is 1. The fourth-order valence-corrected chi connectivity index (χ4v) is 5.01. The maximum absolute atomic E-state index is 13.7. The highest BCUT2D eigenvalue weighted by molar-refractivity contribution is 7.88. The van der Waals surface area contributed by atoms with Gasteiger partial charge in [-0.15, -0.1) is 0 Å². The van der Waals surface area contributed by atoms with E-state index < -0.39 is 21.7 Å². The van der Waals surface area contributed by atoms with E-state index >= 15 is 0 Å². The third-order valence-corrected chi connectivity index (χ3v) is 6.39. The molecule has 0 unspecified atom stereocenters. The summed E-state index contributed by atoms with van der Waals surface area (Å²) in [6, 6.07) is 10.1. The molecular weight excluding hydrogens is 434 g/mol. The van der Waals surface area contributed by atoms with Crippen molar-refractivity contribution < 1.29 is 17.2 Å². The first-order valence-electron chi connectivity index (χ1n) is 10.6. The van der Waals surface area contributed by atoms with Crippen LogP contribution in [-0.2, 0) is 22.9 Å². The predicted octanol–water partition coefficient (Wildman–Crippen LogP) is 3.99. The number of halogens is 2. The van der Waals surface area contributed by atoms with Crippen molar-refractivity contribution in [3.63, 3.8) is 0 Å². The highest BCUT2D eigenvalue weighted by atomic mass is 32.2.